The maximum atomic E-state index is 12.6. The Morgan fingerprint density at radius 3 is 2.80 bits per heavy atom. The Kier molecular flexibility index (Phi) is 6.02. The fourth-order valence-corrected chi connectivity index (χ4v) is 2.70. The number of nitrogens with one attached hydrogen (secondary N) is 1. The summed E-state index contributed by atoms with van der Waals surface area (Å²) < 4.78 is 38.8. The lowest BCUT2D eigenvalue weighted by molar-refractivity contribution is -0.142. The average Bonchev–Trinajstić information content (AvgIpc) is 3.04. The van der Waals surface area contributed by atoms with E-state index in [1.54, 1.807) is 23.4 Å². The number of aromatic nitrogens is 3. The molecule has 6 nitrogen and oxygen atoms in total. The maximum Gasteiger partial charge on any atom is 0.435 e. The summed E-state index contributed by atoms with van der Waals surface area (Å²) in [6.45, 7) is 1.46. The largest absolute Gasteiger partial charge is 0.435 e. The zero-order chi connectivity index (χ0) is 17.2. The van der Waals surface area contributed by atoms with Crippen LogP contribution in [0.5, 0.6) is 0 Å². The molecular formula is C15H17ClF3N5O. The smallest absolute Gasteiger partial charge is 0.331 e. The van der Waals surface area contributed by atoms with Gasteiger partial charge in [0.05, 0.1) is 6.04 Å². The number of amides is 1. The Labute approximate surface area is 148 Å². The highest BCUT2D eigenvalue weighted by molar-refractivity contribution is 5.85. The number of piperazine rings is 1. The summed E-state index contributed by atoms with van der Waals surface area (Å²) in [5, 5.41) is 6.64. The zero-order valence-corrected chi connectivity index (χ0v) is 13.9. The number of pyridine rings is 1. The Morgan fingerprint density at radius 1 is 1.36 bits per heavy atom. The van der Waals surface area contributed by atoms with Crippen molar-refractivity contribution in [3.05, 3.63) is 48.0 Å². The molecule has 1 aliphatic heterocycles. The highest BCUT2D eigenvalue weighted by Gasteiger charge is 2.34. The van der Waals surface area contributed by atoms with Crippen LogP contribution in [0.4, 0.5) is 13.2 Å². The van der Waals surface area contributed by atoms with Crippen molar-refractivity contribution in [2.24, 2.45) is 0 Å². The molecule has 0 aromatic carbocycles. The quantitative estimate of drug-likeness (QED) is 0.890. The Balaban J connectivity index is 0.00000225. The summed E-state index contributed by atoms with van der Waals surface area (Å²) in [6, 6.07) is 4.33. The topological polar surface area (TPSA) is 63.1 Å². The number of hydrogen-bond donors (Lipinski definition) is 1. The molecule has 0 aliphatic carbocycles. The van der Waals surface area contributed by atoms with E-state index in [1.165, 1.54) is 6.20 Å². The van der Waals surface area contributed by atoms with Crippen molar-refractivity contribution in [2.75, 3.05) is 19.6 Å². The lowest BCUT2D eigenvalue weighted by atomic mass is 10.1. The zero-order valence-electron chi connectivity index (χ0n) is 13.1. The van der Waals surface area contributed by atoms with Gasteiger partial charge in [-0.3, -0.25) is 14.5 Å². The third kappa shape index (κ3) is 4.49. The predicted octanol–water partition coefficient (Wildman–Crippen LogP) is 1.89. The van der Waals surface area contributed by atoms with Crippen LogP contribution in [0.2, 0.25) is 0 Å². The summed E-state index contributed by atoms with van der Waals surface area (Å²) in [4.78, 5) is 18.3. The molecule has 0 spiro atoms. The van der Waals surface area contributed by atoms with Crippen LogP contribution in [0.25, 0.3) is 0 Å². The van der Waals surface area contributed by atoms with Gasteiger partial charge in [0.15, 0.2) is 5.69 Å². The summed E-state index contributed by atoms with van der Waals surface area (Å²) in [5.74, 6) is -0.276. The van der Waals surface area contributed by atoms with E-state index in [9.17, 15) is 18.0 Å². The molecule has 1 amide bonds. The van der Waals surface area contributed by atoms with Gasteiger partial charge in [-0.15, -0.1) is 12.4 Å². The lowest BCUT2D eigenvalue weighted by Crippen LogP contribution is -2.49. The number of alkyl halides is 3. The monoisotopic (exact) mass is 375 g/mol. The van der Waals surface area contributed by atoms with Gasteiger partial charge in [-0.25, -0.2) is 0 Å². The van der Waals surface area contributed by atoms with Crippen LogP contribution in [0.15, 0.2) is 36.8 Å². The van der Waals surface area contributed by atoms with E-state index >= 15 is 0 Å². The third-order valence-electron chi connectivity index (χ3n) is 3.86. The highest BCUT2D eigenvalue weighted by atomic mass is 35.5. The Bertz CT molecular complexity index is 707. The Morgan fingerprint density at radius 2 is 2.16 bits per heavy atom. The van der Waals surface area contributed by atoms with Gasteiger partial charge in [-0.05, 0) is 17.7 Å². The molecule has 25 heavy (non-hydrogen) atoms. The van der Waals surface area contributed by atoms with Gasteiger partial charge in [0.1, 0.15) is 6.54 Å². The van der Waals surface area contributed by atoms with Gasteiger partial charge >= 0.3 is 6.18 Å². The molecule has 3 rings (SSSR count). The number of carbonyl (C=O) groups excluding carboxylic acids is 1. The first-order valence-electron chi connectivity index (χ1n) is 7.46. The molecule has 0 radical (unpaired) electrons. The standard InChI is InChI=1S/C15H16F3N5O.ClH/c16-15(17,18)13-3-6-22(21-13)10-14(24)23-7-5-20-9-12(23)11-2-1-4-19-8-11;/h1-4,6,8,12,20H,5,7,9-10H2;1H. The Hall–Kier alpha value is -2.13. The average molecular weight is 376 g/mol. The van der Waals surface area contributed by atoms with Gasteiger partial charge in [-0.2, -0.15) is 18.3 Å². The van der Waals surface area contributed by atoms with Crippen LogP contribution in [0.3, 0.4) is 0 Å². The molecule has 0 bridgehead atoms. The van der Waals surface area contributed by atoms with Crippen LogP contribution < -0.4 is 5.32 Å². The molecule has 10 heteroatoms. The van der Waals surface area contributed by atoms with Crippen molar-refractivity contribution in [3.63, 3.8) is 0 Å². The van der Waals surface area contributed by atoms with E-state index < -0.39 is 11.9 Å². The van der Waals surface area contributed by atoms with Gasteiger partial charge in [0.25, 0.3) is 0 Å². The second kappa shape index (κ2) is 7.83. The normalized spacial score (nSPS) is 17.9. The van der Waals surface area contributed by atoms with E-state index in [0.717, 1.165) is 16.3 Å². The molecule has 1 saturated heterocycles. The fraction of sp³-hybridized carbons (Fsp3) is 0.400. The third-order valence-corrected chi connectivity index (χ3v) is 3.86. The van der Waals surface area contributed by atoms with E-state index in [4.69, 9.17) is 0 Å². The molecule has 1 atom stereocenters. The summed E-state index contributed by atoms with van der Waals surface area (Å²) in [6.07, 6.45) is -0.00841. The van der Waals surface area contributed by atoms with Crippen LogP contribution in [0.1, 0.15) is 17.3 Å². The van der Waals surface area contributed by atoms with Crippen LogP contribution >= 0.6 is 12.4 Å². The maximum absolute atomic E-state index is 12.6. The molecule has 1 unspecified atom stereocenters. The predicted molar refractivity (Wildman–Crippen MR) is 86.0 cm³/mol. The van der Waals surface area contributed by atoms with E-state index in [0.29, 0.717) is 19.6 Å². The molecule has 1 fully saturated rings. The van der Waals surface area contributed by atoms with E-state index in [-0.39, 0.29) is 30.9 Å². The molecule has 1 N–H and O–H groups in total. The summed E-state index contributed by atoms with van der Waals surface area (Å²) >= 11 is 0. The minimum absolute atomic E-state index is 0. The highest BCUT2D eigenvalue weighted by Crippen LogP contribution is 2.27. The first-order chi connectivity index (χ1) is 11.4. The van der Waals surface area contributed by atoms with Crippen molar-refractivity contribution in [3.8, 4) is 0 Å². The summed E-state index contributed by atoms with van der Waals surface area (Å²) in [5.41, 5.74) is -0.117. The number of nitrogens with zero attached hydrogens (tertiary/aromatic N) is 4. The lowest BCUT2D eigenvalue weighted by Gasteiger charge is -2.36. The summed E-state index contributed by atoms with van der Waals surface area (Å²) in [7, 11) is 0. The van der Waals surface area contributed by atoms with Gasteiger partial charge in [-0.1, -0.05) is 6.07 Å². The minimum atomic E-state index is -4.51. The number of hydrogen-bond acceptors (Lipinski definition) is 4. The van der Waals surface area contributed by atoms with Gasteiger partial charge in [0.2, 0.25) is 5.91 Å². The van der Waals surface area contributed by atoms with Crippen molar-refractivity contribution in [1.82, 2.24) is 25.0 Å². The van der Waals surface area contributed by atoms with Gasteiger partial charge < -0.3 is 10.2 Å². The number of carbonyl (C=O) groups is 1. The molecule has 136 valence electrons. The van der Waals surface area contributed by atoms with Crippen LogP contribution in [0, 0.1) is 0 Å². The van der Waals surface area contributed by atoms with Crippen molar-refractivity contribution in [2.45, 2.75) is 18.8 Å². The molecule has 3 heterocycles. The van der Waals surface area contributed by atoms with Crippen molar-refractivity contribution >= 4 is 18.3 Å². The number of rotatable bonds is 3. The fourth-order valence-electron chi connectivity index (χ4n) is 2.70. The van der Waals surface area contributed by atoms with Crippen molar-refractivity contribution < 1.29 is 18.0 Å². The molecule has 2 aromatic heterocycles. The molecule has 0 saturated carbocycles. The molecular weight excluding hydrogens is 359 g/mol. The SMILES string of the molecule is Cl.O=C(Cn1ccc(C(F)(F)F)n1)N1CCNCC1c1cccnc1. The minimum Gasteiger partial charge on any atom is -0.331 e. The van der Waals surface area contributed by atoms with Crippen molar-refractivity contribution in [1.29, 1.82) is 0 Å². The first kappa shape index (κ1) is 19.2. The van der Waals surface area contributed by atoms with Crippen LogP contribution in [-0.4, -0.2) is 45.2 Å². The second-order valence-electron chi connectivity index (χ2n) is 5.49. The molecule has 1 aliphatic rings. The number of halogens is 4. The van der Waals surface area contributed by atoms with E-state index in [2.05, 4.69) is 15.4 Å². The first-order valence-corrected chi connectivity index (χ1v) is 7.46. The second-order valence-corrected chi connectivity index (χ2v) is 5.49. The van der Waals surface area contributed by atoms with Gasteiger partial charge in [0, 0.05) is 38.2 Å². The van der Waals surface area contributed by atoms with E-state index in [1.807, 2.05) is 6.07 Å². The van der Waals surface area contributed by atoms with Crippen LogP contribution in [-0.2, 0) is 17.5 Å². The molecule has 2 aromatic rings.